The number of carbonyl (C=O) groups excluding carboxylic acids is 1. The van der Waals surface area contributed by atoms with Crippen LogP contribution in [0.2, 0.25) is 0 Å². The largest absolute Gasteiger partial charge is 0.321 e. The van der Waals surface area contributed by atoms with E-state index in [-0.39, 0.29) is 5.78 Å². The van der Waals surface area contributed by atoms with Crippen molar-refractivity contribution in [1.82, 2.24) is 4.57 Å². The van der Waals surface area contributed by atoms with Gasteiger partial charge in [0.15, 0.2) is 5.78 Å². The molecule has 1 heterocycles. The highest BCUT2D eigenvalue weighted by molar-refractivity contribution is 6.06. The number of aryl methyl sites for hydroxylation is 1. The van der Waals surface area contributed by atoms with Crippen molar-refractivity contribution in [2.75, 3.05) is 0 Å². The van der Waals surface area contributed by atoms with Crippen LogP contribution in [0.5, 0.6) is 0 Å². The first-order valence-electron chi connectivity index (χ1n) is 7.42. The second-order valence-corrected chi connectivity index (χ2v) is 5.36. The van der Waals surface area contributed by atoms with Crippen LogP contribution in [0.15, 0.2) is 49.1 Å². The van der Waals surface area contributed by atoms with E-state index < -0.39 is 0 Å². The maximum absolute atomic E-state index is 12.1. The molecule has 1 aliphatic carbocycles. The van der Waals surface area contributed by atoms with Crippen molar-refractivity contribution in [3.05, 3.63) is 71.6 Å². The Morgan fingerprint density at radius 1 is 1.14 bits per heavy atom. The third-order valence-electron chi connectivity index (χ3n) is 4.02. The highest BCUT2D eigenvalue weighted by Gasteiger charge is 2.15. The zero-order valence-electron chi connectivity index (χ0n) is 12.1. The van der Waals surface area contributed by atoms with E-state index in [9.17, 15) is 4.79 Å². The molecule has 0 unspecified atom stereocenters. The molecule has 0 bridgehead atoms. The van der Waals surface area contributed by atoms with E-state index >= 15 is 0 Å². The third kappa shape index (κ3) is 2.75. The summed E-state index contributed by atoms with van der Waals surface area (Å²) in [7, 11) is 0. The molecule has 2 heteroatoms. The van der Waals surface area contributed by atoms with Crippen molar-refractivity contribution in [2.45, 2.75) is 25.7 Å². The minimum atomic E-state index is 0.0328. The lowest BCUT2D eigenvalue weighted by Crippen LogP contribution is -2.04. The van der Waals surface area contributed by atoms with Gasteiger partial charge >= 0.3 is 0 Å². The molecule has 0 fully saturated rings. The quantitative estimate of drug-likeness (QED) is 0.601. The summed E-state index contributed by atoms with van der Waals surface area (Å²) >= 11 is 0. The number of nitrogens with zero attached hydrogens (tertiary/aromatic N) is 1. The molecule has 0 spiro atoms. The van der Waals surface area contributed by atoms with Crippen molar-refractivity contribution in [3.8, 4) is 0 Å². The van der Waals surface area contributed by atoms with E-state index in [0.717, 1.165) is 24.1 Å². The standard InChI is InChI=1S/C19H19NO/c1-2-20-17(14-16-10-6-7-11-18(16)20)12-13-19(21)15-8-4-3-5-9-15/h2-5,8-9,12-14H,1,6-7,10-11H2/b13-12+. The lowest BCUT2D eigenvalue weighted by Gasteiger charge is -2.13. The summed E-state index contributed by atoms with van der Waals surface area (Å²) in [6, 6.07) is 11.5. The van der Waals surface area contributed by atoms with Crippen LogP contribution in [-0.2, 0) is 12.8 Å². The highest BCUT2D eigenvalue weighted by atomic mass is 16.1. The third-order valence-corrected chi connectivity index (χ3v) is 4.02. The Bertz CT molecular complexity index is 692. The van der Waals surface area contributed by atoms with Gasteiger partial charge in [0.05, 0.1) is 0 Å². The van der Waals surface area contributed by atoms with Crippen molar-refractivity contribution < 1.29 is 4.79 Å². The van der Waals surface area contributed by atoms with Gasteiger partial charge in [0.1, 0.15) is 0 Å². The predicted octanol–water partition coefficient (Wildman–Crippen LogP) is 4.36. The number of ketones is 1. The van der Waals surface area contributed by atoms with Crippen LogP contribution in [0.3, 0.4) is 0 Å². The molecule has 2 aromatic rings. The molecule has 3 rings (SSSR count). The summed E-state index contributed by atoms with van der Waals surface area (Å²) in [5.41, 5.74) is 4.51. The average Bonchev–Trinajstić information content (AvgIpc) is 2.91. The average molecular weight is 277 g/mol. The van der Waals surface area contributed by atoms with Gasteiger partial charge in [0, 0.05) is 23.2 Å². The van der Waals surface area contributed by atoms with Gasteiger partial charge in [-0.3, -0.25) is 4.79 Å². The van der Waals surface area contributed by atoms with Crippen LogP contribution in [-0.4, -0.2) is 10.4 Å². The van der Waals surface area contributed by atoms with Crippen LogP contribution in [0.25, 0.3) is 12.3 Å². The molecule has 1 aromatic carbocycles. The first kappa shape index (κ1) is 13.6. The number of carbonyl (C=O) groups is 1. The molecule has 21 heavy (non-hydrogen) atoms. The summed E-state index contributed by atoms with van der Waals surface area (Å²) in [5, 5.41) is 0. The number of fused-ring (bicyclic) bond motifs is 1. The molecule has 0 aliphatic heterocycles. The summed E-state index contributed by atoms with van der Waals surface area (Å²) in [6.07, 6.45) is 10.1. The van der Waals surface area contributed by atoms with Crippen LogP contribution in [0, 0.1) is 0 Å². The molecule has 0 atom stereocenters. The van der Waals surface area contributed by atoms with Gasteiger partial charge in [0.2, 0.25) is 0 Å². The van der Waals surface area contributed by atoms with E-state index in [0.29, 0.717) is 0 Å². The molecule has 0 N–H and O–H groups in total. The van der Waals surface area contributed by atoms with Gasteiger partial charge in [-0.1, -0.05) is 36.9 Å². The summed E-state index contributed by atoms with van der Waals surface area (Å²) in [6.45, 7) is 3.90. The Morgan fingerprint density at radius 3 is 2.67 bits per heavy atom. The molecule has 0 amide bonds. The molecule has 106 valence electrons. The van der Waals surface area contributed by atoms with E-state index in [4.69, 9.17) is 0 Å². The van der Waals surface area contributed by atoms with Gasteiger partial charge in [-0.25, -0.2) is 0 Å². The summed E-state index contributed by atoms with van der Waals surface area (Å²) in [5.74, 6) is 0.0328. The molecule has 0 saturated carbocycles. The molecular formula is C19H19NO. The zero-order valence-corrected chi connectivity index (χ0v) is 12.1. The topological polar surface area (TPSA) is 22.0 Å². The SMILES string of the molecule is C=Cn1c(/C=C/C(=O)c2ccccc2)cc2c1CCCC2. The lowest BCUT2D eigenvalue weighted by molar-refractivity contribution is 0.104. The van der Waals surface area contributed by atoms with Crippen LogP contribution < -0.4 is 0 Å². The van der Waals surface area contributed by atoms with Gasteiger partial charge in [-0.05, 0) is 49.5 Å². The molecule has 0 saturated heterocycles. The van der Waals surface area contributed by atoms with Gasteiger partial charge in [-0.15, -0.1) is 0 Å². The van der Waals surface area contributed by atoms with Crippen molar-refractivity contribution >= 4 is 18.1 Å². The smallest absolute Gasteiger partial charge is 0.185 e. The Morgan fingerprint density at radius 2 is 1.90 bits per heavy atom. The van der Waals surface area contributed by atoms with Crippen molar-refractivity contribution in [2.24, 2.45) is 0 Å². The minimum Gasteiger partial charge on any atom is -0.321 e. The number of hydrogen-bond donors (Lipinski definition) is 0. The van der Waals surface area contributed by atoms with Crippen LogP contribution in [0.4, 0.5) is 0 Å². The molecular weight excluding hydrogens is 258 g/mol. The fourth-order valence-corrected chi connectivity index (χ4v) is 2.95. The predicted molar refractivity (Wildman–Crippen MR) is 87.3 cm³/mol. The highest BCUT2D eigenvalue weighted by Crippen LogP contribution is 2.26. The Labute approximate surface area is 125 Å². The van der Waals surface area contributed by atoms with Crippen LogP contribution >= 0.6 is 0 Å². The molecule has 1 aliphatic rings. The van der Waals surface area contributed by atoms with Gasteiger partial charge in [0.25, 0.3) is 0 Å². The van der Waals surface area contributed by atoms with E-state index in [2.05, 4.69) is 17.2 Å². The second kappa shape index (κ2) is 5.96. The summed E-state index contributed by atoms with van der Waals surface area (Å²) < 4.78 is 2.11. The minimum absolute atomic E-state index is 0.0328. The Balaban J connectivity index is 1.88. The molecule has 2 nitrogen and oxygen atoms in total. The Kier molecular flexibility index (Phi) is 3.87. The number of hydrogen-bond acceptors (Lipinski definition) is 1. The lowest BCUT2D eigenvalue weighted by atomic mass is 9.98. The fourth-order valence-electron chi connectivity index (χ4n) is 2.95. The number of aromatic nitrogens is 1. The van der Waals surface area contributed by atoms with Crippen LogP contribution in [0.1, 0.15) is 40.2 Å². The van der Waals surface area contributed by atoms with Crippen molar-refractivity contribution in [3.63, 3.8) is 0 Å². The van der Waals surface area contributed by atoms with E-state index in [1.165, 1.54) is 24.1 Å². The maximum Gasteiger partial charge on any atom is 0.185 e. The monoisotopic (exact) mass is 277 g/mol. The second-order valence-electron chi connectivity index (χ2n) is 5.36. The first-order chi connectivity index (χ1) is 10.3. The number of benzene rings is 1. The zero-order chi connectivity index (χ0) is 14.7. The van der Waals surface area contributed by atoms with Gasteiger partial charge < -0.3 is 4.57 Å². The summed E-state index contributed by atoms with van der Waals surface area (Å²) in [4.78, 5) is 12.1. The molecule has 0 radical (unpaired) electrons. The van der Waals surface area contributed by atoms with E-state index in [1.54, 1.807) is 6.08 Å². The van der Waals surface area contributed by atoms with E-state index in [1.807, 2.05) is 42.6 Å². The number of rotatable bonds is 4. The maximum atomic E-state index is 12.1. The normalized spacial score (nSPS) is 14.1. The first-order valence-corrected chi connectivity index (χ1v) is 7.42. The van der Waals surface area contributed by atoms with Gasteiger partial charge in [-0.2, -0.15) is 0 Å². The molecule has 1 aromatic heterocycles. The van der Waals surface area contributed by atoms with Crippen molar-refractivity contribution in [1.29, 1.82) is 0 Å². The Hall–Kier alpha value is -2.35. The fraction of sp³-hybridized carbons (Fsp3) is 0.211. The number of allylic oxidation sites excluding steroid dienone is 1.